The van der Waals surface area contributed by atoms with Crippen molar-refractivity contribution in [1.82, 2.24) is 5.32 Å². The second-order valence-electron chi connectivity index (χ2n) is 4.21. The molecule has 0 fully saturated rings. The van der Waals surface area contributed by atoms with Crippen molar-refractivity contribution in [3.05, 3.63) is 36.4 Å². The van der Waals surface area contributed by atoms with Crippen molar-refractivity contribution in [1.29, 1.82) is 0 Å². The number of nitrogens with one attached hydrogen (secondary N) is 1. The largest absolute Gasteiger partial charge is 0.493 e. The van der Waals surface area contributed by atoms with E-state index in [-0.39, 0.29) is 6.10 Å². The van der Waals surface area contributed by atoms with Gasteiger partial charge in [0.05, 0.1) is 7.11 Å². The number of ether oxygens (including phenoxy) is 2. The van der Waals surface area contributed by atoms with Crippen molar-refractivity contribution >= 4 is 0 Å². The van der Waals surface area contributed by atoms with Gasteiger partial charge in [-0.25, -0.2) is 0 Å². The maximum atomic E-state index is 5.86. The van der Waals surface area contributed by atoms with Crippen LogP contribution in [0.3, 0.4) is 0 Å². The number of hydrogen-bond acceptors (Lipinski definition) is 3. The minimum absolute atomic E-state index is 0.0892. The Labute approximate surface area is 110 Å². The summed E-state index contributed by atoms with van der Waals surface area (Å²) in [5.41, 5.74) is 1.25. The topological polar surface area (TPSA) is 30.5 Å². The van der Waals surface area contributed by atoms with Crippen LogP contribution in [-0.2, 0) is 6.42 Å². The van der Waals surface area contributed by atoms with E-state index in [0.29, 0.717) is 0 Å². The molecule has 1 aromatic rings. The van der Waals surface area contributed by atoms with E-state index in [1.165, 1.54) is 5.56 Å². The van der Waals surface area contributed by atoms with Crippen molar-refractivity contribution in [3.63, 3.8) is 0 Å². The minimum Gasteiger partial charge on any atom is -0.493 e. The van der Waals surface area contributed by atoms with Gasteiger partial charge in [0, 0.05) is 13.1 Å². The van der Waals surface area contributed by atoms with Crippen LogP contribution >= 0.6 is 0 Å². The van der Waals surface area contributed by atoms with Crippen LogP contribution in [0.15, 0.2) is 30.9 Å². The summed E-state index contributed by atoms with van der Waals surface area (Å²) in [6, 6.07) is 6.07. The van der Waals surface area contributed by atoms with Gasteiger partial charge in [-0.2, -0.15) is 0 Å². The summed E-state index contributed by atoms with van der Waals surface area (Å²) in [6.07, 6.45) is 2.92. The maximum Gasteiger partial charge on any atom is 0.161 e. The maximum absolute atomic E-state index is 5.86. The number of methoxy groups -OCH3 is 1. The highest BCUT2D eigenvalue weighted by Gasteiger charge is 2.09. The molecule has 0 saturated carbocycles. The minimum atomic E-state index is 0.0892. The van der Waals surface area contributed by atoms with Gasteiger partial charge in [0.2, 0.25) is 0 Å². The fourth-order valence-electron chi connectivity index (χ4n) is 1.68. The van der Waals surface area contributed by atoms with Crippen molar-refractivity contribution in [2.24, 2.45) is 0 Å². The van der Waals surface area contributed by atoms with Crippen LogP contribution in [0.5, 0.6) is 11.5 Å². The van der Waals surface area contributed by atoms with E-state index in [9.17, 15) is 0 Å². The van der Waals surface area contributed by atoms with Gasteiger partial charge < -0.3 is 14.8 Å². The lowest BCUT2D eigenvalue weighted by Crippen LogP contribution is -2.29. The lowest BCUT2D eigenvalue weighted by molar-refractivity contribution is 0.209. The first kappa shape index (κ1) is 14.6. The smallest absolute Gasteiger partial charge is 0.161 e. The monoisotopic (exact) mass is 249 g/mol. The SMILES string of the molecule is C=CCNCC(C)Oc1ccc(CC)cc1OC. The standard InChI is InChI=1S/C15H23NO2/c1-5-9-16-11-12(3)18-14-8-7-13(6-2)10-15(14)17-4/h5,7-8,10,12,16H,1,6,9,11H2,2-4H3. The lowest BCUT2D eigenvalue weighted by atomic mass is 10.1. The van der Waals surface area contributed by atoms with E-state index in [2.05, 4.69) is 24.9 Å². The summed E-state index contributed by atoms with van der Waals surface area (Å²) in [4.78, 5) is 0. The quantitative estimate of drug-likeness (QED) is 0.567. The molecule has 0 heterocycles. The normalized spacial score (nSPS) is 11.9. The van der Waals surface area contributed by atoms with E-state index in [4.69, 9.17) is 9.47 Å². The molecule has 0 radical (unpaired) electrons. The molecule has 3 heteroatoms. The van der Waals surface area contributed by atoms with Crippen LogP contribution in [-0.4, -0.2) is 26.3 Å². The summed E-state index contributed by atoms with van der Waals surface area (Å²) >= 11 is 0. The first-order valence-corrected chi connectivity index (χ1v) is 6.36. The highest BCUT2D eigenvalue weighted by atomic mass is 16.5. The van der Waals surface area contributed by atoms with Gasteiger partial charge >= 0.3 is 0 Å². The van der Waals surface area contributed by atoms with Crippen molar-refractivity contribution in [2.45, 2.75) is 26.4 Å². The van der Waals surface area contributed by atoms with Gasteiger partial charge in [0.15, 0.2) is 11.5 Å². The van der Waals surface area contributed by atoms with Gasteiger partial charge in [-0.05, 0) is 31.0 Å². The molecule has 1 N–H and O–H groups in total. The molecule has 0 bridgehead atoms. The Hall–Kier alpha value is -1.48. The Morgan fingerprint density at radius 2 is 2.17 bits per heavy atom. The highest BCUT2D eigenvalue weighted by molar-refractivity contribution is 5.43. The summed E-state index contributed by atoms with van der Waals surface area (Å²) in [7, 11) is 1.67. The molecule has 0 aliphatic rings. The van der Waals surface area contributed by atoms with E-state index >= 15 is 0 Å². The van der Waals surface area contributed by atoms with Crippen molar-refractivity contribution in [3.8, 4) is 11.5 Å². The first-order chi connectivity index (χ1) is 8.71. The summed E-state index contributed by atoms with van der Waals surface area (Å²) < 4.78 is 11.2. The average Bonchev–Trinajstić information content (AvgIpc) is 2.39. The second kappa shape index (κ2) is 7.77. The van der Waals surface area contributed by atoms with Crippen LogP contribution < -0.4 is 14.8 Å². The molecule has 1 aromatic carbocycles. The Morgan fingerprint density at radius 1 is 1.39 bits per heavy atom. The fourth-order valence-corrected chi connectivity index (χ4v) is 1.68. The van der Waals surface area contributed by atoms with Crippen LogP contribution in [0.4, 0.5) is 0 Å². The van der Waals surface area contributed by atoms with E-state index in [1.54, 1.807) is 7.11 Å². The molecule has 0 saturated heterocycles. The van der Waals surface area contributed by atoms with Gasteiger partial charge in [0.25, 0.3) is 0 Å². The zero-order valence-electron chi connectivity index (χ0n) is 11.5. The van der Waals surface area contributed by atoms with Crippen molar-refractivity contribution in [2.75, 3.05) is 20.2 Å². The van der Waals surface area contributed by atoms with E-state index in [1.807, 2.05) is 25.1 Å². The summed E-state index contributed by atoms with van der Waals surface area (Å²) in [5, 5.41) is 3.23. The third kappa shape index (κ3) is 4.41. The average molecular weight is 249 g/mol. The number of benzene rings is 1. The molecule has 0 spiro atoms. The van der Waals surface area contributed by atoms with Crippen LogP contribution in [0.1, 0.15) is 19.4 Å². The van der Waals surface area contributed by atoms with Crippen LogP contribution in [0, 0.1) is 0 Å². The molecular weight excluding hydrogens is 226 g/mol. The van der Waals surface area contributed by atoms with Gasteiger partial charge in [-0.15, -0.1) is 6.58 Å². The molecule has 100 valence electrons. The summed E-state index contributed by atoms with van der Waals surface area (Å²) in [6.45, 7) is 9.39. The molecule has 3 nitrogen and oxygen atoms in total. The first-order valence-electron chi connectivity index (χ1n) is 6.36. The van der Waals surface area contributed by atoms with E-state index < -0.39 is 0 Å². The zero-order chi connectivity index (χ0) is 13.4. The molecule has 18 heavy (non-hydrogen) atoms. The third-order valence-electron chi connectivity index (χ3n) is 2.68. The number of hydrogen-bond donors (Lipinski definition) is 1. The number of aryl methyl sites for hydroxylation is 1. The Balaban J connectivity index is 2.62. The zero-order valence-corrected chi connectivity index (χ0v) is 11.5. The second-order valence-corrected chi connectivity index (χ2v) is 4.21. The highest BCUT2D eigenvalue weighted by Crippen LogP contribution is 2.29. The Kier molecular flexibility index (Phi) is 6.29. The van der Waals surface area contributed by atoms with Gasteiger partial charge in [0.1, 0.15) is 6.10 Å². The lowest BCUT2D eigenvalue weighted by Gasteiger charge is -2.17. The predicted octanol–water partition coefficient (Wildman–Crippen LogP) is 2.80. The van der Waals surface area contributed by atoms with E-state index in [0.717, 1.165) is 31.0 Å². The molecule has 1 atom stereocenters. The Bertz CT molecular complexity index is 377. The van der Waals surface area contributed by atoms with Crippen LogP contribution in [0.2, 0.25) is 0 Å². The van der Waals surface area contributed by atoms with Gasteiger partial charge in [-0.1, -0.05) is 19.1 Å². The van der Waals surface area contributed by atoms with Crippen molar-refractivity contribution < 1.29 is 9.47 Å². The van der Waals surface area contributed by atoms with Crippen LogP contribution in [0.25, 0.3) is 0 Å². The molecule has 0 aliphatic carbocycles. The fraction of sp³-hybridized carbons (Fsp3) is 0.467. The molecule has 1 rings (SSSR count). The molecule has 0 aliphatic heterocycles. The molecule has 0 amide bonds. The summed E-state index contributed by atoms with van der Waals surface area (Å²) in [5.74, 6) is 1.59. The third-order valence-corrected chi connectivity index (χ3v) is 2.68. The van der Waals surface area contributed by atoms with Gasteiger partial charge in [-0.3, -0.25) is 0 Å². The predicted molar refractivity (Wildman–Crippen MR) is 75.5 cm³/mol. The molecule has 0 aromatic heterocycles. The number of rotatable bonds is 8. The molecular formula is C15H23NO2. The molecule has 1 unspecified atom stereocenters. The Morgan fingerprint density at radius 3 is 2.78 bits per heavy atom.